The van der Waals surface area contributed by atoms with Crippen LogP contribution in [0.2, 0.25) is 0 Å². The number of carbonyl (C=O) groups is 2. The zero-order valence-corrected chi connectivity index (χ0v) is 17.8. The average molecular weight is 435 g/mol. The van der Waals surface area contributed by atoms with Gasteiger partial charge in [0, 0.05) is 35.8 Å². The van der Waals surface area contributed by atoms with Crippen molar-refractivity contribution in [2.45, 2.75) is 6.54 Å². The summed E-state index contributed by atoms with van der Waals surface area (Å²) in [6.45, 7) is 2.59. The highest BCUT2D eigenvalue weighted by Gasteiger charge is 2.18. The molecule has 0 spiro atoms. The van der Waals surface area contributed by atoms with Crippen LogP contribution in [0.4, 0.5) is 10.5 Å². The van der Waals surface area contributed by atoms with Gasteiger partial charge in [0.15, 0.2) is 0 Å². The highest BCUT2D eigenvalue weighted by atomic mass is 16.5. The van der Waals surface area contributed by atoms with Gasteiger partial charge in [-0.05, 0) is 18.2 Å². The Labute approximate surface area is 185 Å². The largest absolute Gasteiger partial charge is 0.495 e. The van der Waals surface area contributed by atoms with Gasteiger partial charge in [-0.1, -0.05) is 30.3 Å². The summed E-state index contributed by atoms with van der Waals surface area (Å²) in [4.78, 5) is 26.7. The quantitative estimate of drug-likeness (QED) is 0.460. The Morgan fingerprint density at radius 2 is 1.88 bits per heavy atom. The van der Waals surface area contributed by atoms with Crippen LogP contribution in [0.15, 0.2) is 59.8 Å². The van der Waals surface area contributed by atoms with Gasteiger partial charge in [0.05, 0.1) is 32.2 Å². The number of benzene rings is 2. The van der Waals surface area contributed by atoms with Crippen LogP contribution in [-0.4, -0.2) is 61.0 Å². The summed E-state index contributed by atoms with van der Waals surface area (Å²) >= 11 is 0. The molecule has 2 heterocycles. The lowest BCUT2D eigenvalue weighted by Gasteiger charge is -2.27. The minimum absolute atomic E-state index is 0.0480. The van der Waals surface area contributed by atoms with E-state index in [9.17, 15) is 9.59 Å². The molecule has 0 aliphatic carbocycles. The van der Waals surface area contributed by atoms with E-state index in [1.165, 1.54) is 7.11 Å². The summed E-state index contributed by atoms with van der Waals surface area (Å²) in [5, 5.41) is 7.71. The highest BCUT2D eigenvalue weighted by Crippen LogP contribution is 2.23. The van der Waals surface area contributed by atoms with Gasteiger partial charge in [-0.3, -0.25) is 4.79 Å². The zero-order chi connectivity index (χ0) is 22.3. The van der Waals surface area contributed by atoms with Crippen molar-refractivity contribution in [1.29, 1.82) is 0 Å². The van der Waals surface area contributed by atoms with Crippen LogP contribution in [0.5, 0.6) is 5.75 Å². The summed E-state index contributed by atoms with van der Waals surface area (Å²) in [7, 11) is 1.54. The predicted octanol–water partition coefficient (Wildman–Crippen LogP) is 2.66. The van der Waals surface area contributed by atoms with Crippen LogP contribution in [0, 0.1) is 0 Å². The van der Waals surface area contributed by atoms with E-state index >= 15 is 0 Å². The second-order valence-corrected chi connectivity index (χ2v) is 7.25. The van der Waals surface area contributed by atoms with Crippen LogP contribution in [0.25, 0.3) is 10.9 Å². The summed E-state index contributed by atoms with van der Waals surface area (Å²) < 4.78 is 12.5. The zero-order valence-electron chi connectivity index (χ0n) is 17.8. The molecule has 0 atom stereocenters. The Hall–Kier alpha value is -3.85. The standard InChI is InChI=1S/C23H25N5O4/c1-31-21-9-5-3-7-19(21)25-23(30)26-24-14-17-15-28(20-8-4-2-6-18(17)20)16-22(29)27-10-12-32-13-11-27/h2-9,14-15H,10-13,16H2,1H3,(H2,25,26,30). The number of nitrogens with one attached hydrogen (secondary N) is 2. The molecule has 9 nitrogen and oxygen atoms in total. The van der Waals surface area contributed by atoms with Crippen molar-refractivity contribution in [2.24, 2.45) is 5.10 Å². The Morgan fingerprint density at radius 1 is 1.12 bits per heavy atom. The number of rotatable bonds is 6. The van der Waals surface area contributed by atoms with Crippen LogP contribution < -0.4 is 15.5 Å². The van der Waals surface area contributed by atoms with E-state index in [2.05, 4.69) is 15.8 Å². The first kappa shape index (κ1) is 21.4. The third-order valence-electron chi connectivity index (χ3n) is 5.21. The monoisotopic (exact) mass is 435 g/mol. The lowest BCUT2D eigenvalue weighted by molar-refractivity contribution is -0.135. The number of nitrogens with zero attached hydrogens (tertiary/aromatic N) is 3. The second-order valence-electron chi connectivity index (χ2n) is 7.25. The molecule has 1 fully saturated rings. The Bertz CT molecular complexity index is 1130. The average Bonchev–Trinajstić information content (AvgIpc) is 3.17. The number of morpholine rings is 1. The third-order valence-corrected chi connectivity index (χ3v) is 5.21. The number of amides is 3. The van der Waals surface area contributed by atoms with Crippen molar-refractivity contribution in [3.8, 4) is 5.75 Å². The van der Waals surface area contributed by atoms with Crippen LogP contribution >= 0.6 is 0 Å². The number of carbonyl (C=O) groups excluding carboxylic acids is 2. The number of anilines is 1. The maximum absolute atomic E-state index is 12.7. The van der Waals surface area contributed by atoms with Crippen molar-refractivity contribution < 1.29 is 19.1 Å². The molecule has 32 heavy (non-hydrogen) atoms. The number of para-hydroxylation sites is 3. The van der Waals surface area contributed by atoms with Crippen LogP contribution in [0.1, 0.15) is 5.56 Å². The fourth-order valence-electron chi connectivity index (χ4n) is 3.63. The summed E-state index contributed by atoms with van der Waals surface area (Å²) in [5.74, 6) is 0.603. The molecular formula is C23H25N5O4. The van der Waals surface area contributed by atoms with Gasteiger partial charge in [0.2, 0.25) is 5.91 Å². The van der Waals surface area contributed by atoms with E-state index < -0.39 is 6.03 Å². The summed E-state index contributed by atoms with van der Waals surface area (Å²) in [6, 6.07) is 14.4. The molecule has 2 N–H and O–H groups in total. The fraction of sp³-hybridized carbons (Fsp3) is 0.261. The highest BCUT2D eigenvalue weighted by molar-refractivity contribution is 6.00. The number of urea groups is 1. The topological polar surface area (TPSA) is 97.2 Å². The fourth-order valence-corrected chi connectivity index (χ4v) is 3.63. The molecule has 1 aromatic heterocycles. The molecule has 0 bridgehead atoms. The minimum Gasteiger partial charge on any atom is -0.495 e. The third kappa shape index (κ3) is 4.89. The first-order valence-corrected chi connectivity index (χ1v) is 10.3. The molecule has 0 saturated carbocycles. The van der Waals surface area contributed by atoms with Crippen molar-refractivity contribution >= 4 is 34.7 Å². The summed E-state index contributed by atoms with van der Waals surface area (Å²) in [6.07, 6.45) is 3.44. The molecule has 2 aromatic carbocycles. The normalized spacial score (nSPS) is 14.0. The number of hydrogen-bond donors (Lipinski definition) is 2. The predicted molar refractivity (Wildman–Crippen MR) is 122 cm³/mol. The van der Waals surface area contributed by atoms with E-state index in [4.69, 9.17) is 9.47 Å². The number of methoxy groups -OCH3 is 1. The van der Waals surface area contributed by atoms with E-state index in [0.29, 0.717) is 37.7 Å². The van der Waals surface area contributed by atoms with E-state index in [-0.39, 0.29) is 12.5 Å². The van der Waals surface area contributed by atoms with Gasteiger partial charge in [-0.15, -0.1) is 0 Å². The molecule has 1 aliphatic heterocycles. The molecule has 1 aliphatic rings. The number of ether oxygens (including phenoxy) is 2. The van der Waals surface area contributed by atoms with Crippen molar-refractivity contribution in [1.82, 2.24) is 14.9 Å². The molecule has 1 saturated heterocycles. The van der Waals surface area contributed by atoms with Crippen molar-refractivity contribution in [3.05, 3.63) is 60.3 Å². The van der Waals surface area contributed by atoms with Gasteiger partial charge in [0.1, 0.15) is 12.3 Å². The second kappa shape index (κ2) is 9.97. The van der Waals surface area contributed by atoms with Gasteiger partial charge in [-0.2, -0.15) is 5.10 Å². The molecule has 0 radical (unpaired) electrons. The lowest BCUT2D eigenvalue weighted by Crippen LogP contribution is -2.42. The molecule has 166 valence electrons. The van der Waals surface area contributed by atoms with Gasteiger partial charge >= 0.3 is 6.03 Å². The van der Waals surface area contributed by atoms with Crippen molar-refractivity contribution in [2.75, 3.05) is 38.7 Å². The number of hydrogen-bond acceptors (Lipinski definition) is 5. The van der Waals surface area contributed by atoms with E-state index in [0.717, 1.165) is 16.5 Å². The molecular weight excluding hydrogens is 410 g/mol. The Morgan fingerprint density at radius 3 is 2.69 bits per heavy atom. The van der Waals surface area contributed by atoms with Gasteiger partial charge in [0.25, 0.3) is 0 Å². The number of hydrazone groups is 1. The Kier molecular flexibility index (Phi) is 6.66. The summed E-state index contributed by atoms with van der Waals surface area (Å²) in [5.41, 5.74) is 4.73. The van der Waals surface area contributed by atoms with E-state index in [1.54, 1.807) is 24.4 Å². The molecule has 3 amide bonds. The minimum atomic E-state index is -0.489. The SMILES string of the molecule is COc1ccccc1NC(=O)NN=Cc1cn(CC(=O)N2CCOCC2)c2ccccc12. The van der Waals surface area contributed by atoms with E-state index in [1.807, 2.05) is 46.0 Å². The smallest absolute Gasteiger partial charge is 0.339 e. The van der Waals surface area contributed by atoms with Gasteiger partial charge < -0.3 is 24.3 Å². The molecule has 9 heteroatoms. The molecule has 0 unspecified atom stereocenters. The Balaban J connectivity index is 1.45. The lowest BCUT2D eigenvalue weighted by atomic mass is 10.2. The molecule has 4 rings (SSSR count). The number of fused-ring (bicyclic) bond motifs is 1. The number of aromatic nitrogens is 1. The maximum Gasteiger partial charge on any atom is 0.339 e. The first-order valence-electron chi connectivity index (χ1n) is 10.3. The molecule has 3 aromatic rings. The van der Waals surface area contributed by atoms with Crippen LogP contribution in [-0.2, 0) is 16.1 Å². The maximum atomic E-state index is 12.7. The van der Waals surface area contributed by atoms with Gasteiger partial charge in [-0.25, -0.2) is 10.2 Å². The van der Waals surface area contributed by atoms with Crippen molar-refractivity contribution in [3.63, 3.8) is 0 Å². The first-order chi connectivity index (χ1) is 15.7. The van der Waals surface area contributed by atoms with Crippen LogP contribution in [0.3, 0.4) is 0 Å².